The van der Waals surface area contributed by atoms with Crippen molar-refractivity contribution in [1.29, 1.82) is 0 Å². The third-order valence-electron chi connectivity index (χ3n) is 3.32. The van der Waals surface area contributed by atoms with Crippen LogP contribution in [0.3, 0.4) is 0 Å². The van der Waals surface area contributed by atoms with Crippen molar-refractivity contribution in [2.45, 2.75) is 31.9 Å². The molecule has 94 valence electrons. The van der Waals surface area contributed by atoms with E-state index in [-0.39, 0.29) is 5.82 Å². The number of fused-ring (bicyclic) bond motifs is 1. The molecule has 0 spiro atoms. The Labute approximate surface area is 105 Å². The lowest BCUT2D eigenvalue weighted by atomic mass is 10.1. The van der Waals surface area contributed by atoms with Crippen LogP contribution in [-0.2, 0) is 12.8 Å². The summed E-state index contributed by atoms with van der Waals surface area (Å²) in [5.41, 5.74) is 1.79. The van der Waals surface area contributed by atoms with Gasteiger partial charge in [-0.05, 0) is 30.5 Å². The summed E-state index contributed by atoms with van der Waals surface area (Å²) < 4.78 is 14.9. The highest BCUT2D eigenvalue weighted by Crippen LogP contribution is 2.23. The maximum absolute atomic E-state index is 13.1. The summed E-state index contributed by atoms with van der Waals surface area (Å²) in [5.74, 6) is 0.705. The molecular weight excluding hydrogens is 231 g/mol. The van der Waals surface area contributed by atoms with Gasteiger partial charge >= 0.3 is 0 Å². The minimum Gasteiger partial charge on any atom is -0.373 e. The Morgan fingerprint density at radius 3 is 3.11 bits per heavy atom. The second kappa shape index (κ2) is 4.53. The average Bonchev–Trinajstić information content (AvgIpc) is 2.73. The van der Waals surface area contributed by atoms with Crippen molar-refractivity contribution < 1.29 is 9.50 Å². The van der Waals surface area contributed by atoms with Gasteiger partial charge in [-0.1, -0.05) is 12.1 Å². The molecule has 4 heteroatoms. The van der Waals surface area contributed by atoms with Crippen LogP contribution in [0.5, 0.6) is 0 Å². The number of imidazole rings is 1. The van der Waals surface area contributed by atoms with Crippen molar-refractivity contribution in [2.24, 2.45) is 0 Å². The number of hydrogen-bond donors (Lipinski definition) is 1. The van der Waals surface area contributed by atoms with Gasteiger partial charge in [-0.2, -0.15) is 0 Å². The van der Waals surface area contributed by atoms with Crippen LogP contribution in [0.2, 0.25) is 0 Å². The summed E-state index contributed by atoms with van der Waals surface area (Å²) in [6, 6.07) is 6.55. The number of aliphatic hydroxyl groups excluding tert-OH is 1. The second-order valence-corrected chi connectivity index (χ2v) is 4.74. The van der Waals surface area contributed by atoms with Crippen LogP contribution < -0.4 is 0 Å². The molecular formula is C14H15FN2O. The number of aryl methyl sites for hydroxylation is 1. The monoisotopic (exact) mass is 246 g/mol. The highest BCUT2D eigenvalue weighted by molar-refractivity contribution is 5.22. The Kier molecular flexibility index (Phi) is 2.88. The molecule has 1 aliphatic rings. The fourth-order valence-corrected chi connectivity index (χ4v) is 2.45. The molecule has 0 radical (unpaired) electrons. The van der Waals surface area contributed by atoms with Gasteiger partial charge in [0, 0.05) is 19.0 Å². The Morgan fingerprint density at radius 2 is 2.33 bits per heavy atom. The molecule has 1 N–H and O–H groups in total. The van der Waals surface area contributed by atoms with Crippen LogP contribution in [0.1, 0.15) is 36.2 Å². The van der Waals surface area contributed by atoms with Crippen LogP contribution in [0.15, 0.2) is 30.5 Å². The minimum atomic E-state index is -0.456. The molecule has 0 bridgehead atoms. The number of halogens is 1. The molecule has 18 heavy (non-hydrogen) atoms. The number of benzene rings is 1. The van der Waals surface area contributed by atoms with Crippen molar-refractivity contribution >= 4 is 0 Å². The Bertz CT molecular complexity index is 565. The molecule has 3 nitrogen and oxygen atoms in total. The zero-order valence-corrected chi connectivity index (χ0v) is 10.0. The summed E-state index contributed by atoms with van der Waals surface area (Å²) in [6.07, 6.45) is 4.68. The number of hydrogen-bond acceptors (Lipinski definition) is 2. The van der Waals surface area contributed by atoms with Crippen molar-refractivity contribution in [2.75, 3.05) is 0 Å². The van der Waals surface area contributed by atoms with Crippen LogP contribution in [0.4, 0.5) is 4.39 Å². The quantitative estimate of drug-likeness (QED) is 0.883. The summed E-state index contributed by atoms with van der Waals surface area (Å²) in [6.45, 7) is 0. The molecule has 2 heterocycles. The molecule has 1 atom stereocenters. The van der Waals surface area contributed by atoms with Gasteiger partial charge in [-0.15, -0.1) is 0 Å². The van der Waals surface area contributed by atoms with Gasteiger partial charge in [-0.3, -0.25) is 0 Å². The summed E-state index contributed by atoms with van der Waals surface area (Å²) in [4.78, 5) is 4.51. The molecule has 1 unspecified atom stereocenters. The van der Waals surface area contributed by atoms with E-state index >= 15 is 0 Å². The molecule has 1 aromatic heterocycles. The SMILES string of the molecule is OC1CCCc2nc(Cc3cccc(F)c3)cn21. The molecule has 1 aliphatic heterocycles. The standard InChI is InChI=1S/C14H15FN2O/c15-11-4-1-3-10(7-11)8-12-9-17-13(16-12)5-2-6-14(17)18/h1,3-4,7,9,14,18H,2,5-6,8H2. The van der Waals surface area contributed by atoms with Gasteiger partial charge in [0.2, 0.25) is 0 Å². The van der Waals surface area contributed by atoms with E-state index in [1.807, 2.05) is 16.8 Å². The van der Waals surface area contributed by atoms with E-state index in [0.717, 1.165) is 36.3 Å². The van der Waals surface area contributed by atoms with Gasteiger partial charge in [0.1, 0.15) is 17.9 Å². The zero-order valence-electron chi connectivity index (χ0n) is 10.0. The maximum Gasteiger partial charge on any atom is 0.131 e. The number of aliphatic hydroxyl groups is 1. The number of nitrogens with zero attached hydrogens (tertiary/aromatic N) is 2. The van der Waals surface area contributed by atoms with Gasteiger partial charge in [0.05, 0.1) is 5.69 Å². The fourth-order valence-electron chi connectivity index (χ4n) is 2.45. The first-order chi connectivity index (χ1) is 8.72. The van der Waals surface area contributed by atoms with Crippen LogP contribution >= 0.6 is 0 Å². The van der Waals surface area contributed by atoms with Crippen molar-refractivity contribution in [3.63, 3.8) is 0 Å². The van der Waals surface area contributed by atoms with Crippen LogP contribution in [0.25, 0.3) is 0 Å². The van der Waals surface area contributed by atoms with E-state index in [9.17, 15) is 9.50 Å². The predicted molar refractivity (Wildman–Crippen MR) is 65.6 cm³/mol. The lowest BCUT2D eigenvalue weighted by molar-refractivity contribution is 0.0780. The maximum atomic E-state index is 13.1. The van der Waals surface area contributed by atoms with E-state index < -0.39 is 6.23 Å². The van der Waals surface area contributed by atoms with E-state index in [1.54, 1.807) is 6.07 Å². The van der Waals surface area contributed by atoms with Crippen molar-refractivity contribution in [1.82, 2.24) is 9.55 Å². The van der Waals surface area contributed by atoms with E-state index in [4.69, 9.17) is 0 Å². The first-order valence-corrected chi connectivity index (χ1v) is 6.21. The molecule has 0 amide bonds. The highest BCUT2D eigenvalue weighted by atomic mass is 19.1. The van der Waals surface area contributed by atoms with E-state index in [0.29, 0.717) is 6.42 Å². The van der Waals surface area contributed by atoms with Gasteiger partial charge in [0.25, 0.3) is 0 Å². The first kappa shape index (κ1) is 11.4. The number of rotatable bonds is 2. The molecule has 0 fully saturated rings. The predicted octanol–water partition coefficient (Wildman–Crippen LogP) is 2.44. The normalized spacial score (nSPS) is 18.7. The molecule has 3 rings (SSSR count). The summed E-state index contributed by atoms with van der Waals surface area (Å²) in [5, 5.41) is 9.85. The van der Waals surface area contributed by atoms with Crippen LogP contribution in [-0.4, -0.2) is 14.7 Å². The lowest BCUT2D eigenvalue weighted by Crippen LogP contribution is -2.16. The third kappa shape index (κ3) is 2.16. The third-order valence-corrected chi connectivity index (χ3v) is 3.32. The van der Waals surface area contributed by atoms with Crippen LogP contribution in [0, 0.1) is 5.82 Å². The first-order valence-electron chi connectivity index (χ1n) is 6.21. The molecule has 0 saturated carbocycles. The molecule has 0 saturated heterocycles. The largest absolute Gasteiger partial charge is 0.373 e. The Balaban J connectivity index is 1.85. The summed E-state index contributed by atoms with van der Waals surface area (Å²) >= 11 is 0. The van der Waals surface area contributed by atoms with Gasteiger partial charge < -0.3 is 9.67 Å². The second-order valence-electron chi connectivity index (χ2n) is 4.74. The fraction of sp³-hybridized carbons (Fsp3) is 0.357. The molecule has 2 aromatic rings. The zero-order chi connectivity index (χ0) is 12.5. The highest BCUT2D eigenvalue weighted by Gasteiger charge is 2.19. The van der Waals surface area contributed by atoms with Gasteiger partial charge in [0.15, 0.2) is 0 Å². The van der Waals surface area contributed by atoms with E-state index in [1.165, 1.54) is 12.1 Å². The molecule has 0 aliphatic carbocycles. The smallest absolute Gasteiger partial charge is 0.131 e. The minimum absolute atomic E-state index is 0.225. The van der Waals surface area contributed by atoms with Crippen molar-refractivity contribution in [3.8, 4) is 0 Å². The lowest BCUT2D eigenvalue weighted by Gasteiger charge is -2.19. The summed E-state index contributed by atoms with van der Waals surface area (Å²) in [7, 11) is 0. The van der Waals surface area contributed by atoms with Crippen molar-refractivity contribution in [3.05, 3.63) is 53.4 Å². The Morgan fingerprint density at radius 1 is 1.44 bits per heavy atom. The average molecular weight is 246 g/mol. The van der Waals surface area contributed by atoms with E-state index in [2.05, 4.69) is 4.98 Å². The molecule has 1 aromatic carbocycles. The van der Waals surface area contributed by atoms with Gasteiger partial charge in [-0.25, -0.2) is 9.37 Å². The number of aromatic nitrogens is 2. The Hall–Kier alpha value is -1.68. The topological polar surface area (TPSA) is 38.1 Å².